The van der Waals surface area contributed by atoms with Gasteiger partial charge in [0.25, 0.3) is 15.2 Å². The molecule has 2 N–H and O–H groups in total. The molecule has 0 aliphatic rings. The molecule has 1 heterocycles. The molecule has 0 spiro atoms. The van der Waals surface area contributed by atoms with Gasteiger partial charge in [0, 0.05) is 12.5 Å². The number of hydrogen-bond acceptors (Lipinski definition) is 4. The second-order valence-electron chi connectivity index (χ2n) is 4.16. The maximum absolute atomic E-state index is 11.0. The van der Waals surface area contributed by atoms with E-state index in [1.807, 2.05) is 20.8 Å². The minimum absolute atomic E-state index is 0.206. The molecule has 14 heavy (non-hydrogen) atoms. The van der Waals surface area contributed by atoms with Gasteiger partial charge in [-0.25, -0.2) is 13.6 Å². The fourth-order valence-corrected chi connectivity index (χ4v) is 1.84. The Labute approximate surface area is 83.2 Å². The van der Waals surface area contributed by atoms with Gasteiger partial charge < -0.3 is 4.57 Å². The van der Waals surface area contributed by atoms with Crippen molar-refractivity contribution >= 4 is 10.0 Å². The highest BCUT2D eigenvalue weighted by molar-refractivity contribution is 7.89. The lowest BCUT2D eigenvalue weighted by molar-refractivity contribution is 0.509. The highest BCUT2D eigenvalue weighted by Crippen LogP contribution is 2.20. The average Bonchev–Trinajstić information content (AvgIpc) is 2.26. The summed E-state index contributed by atoms with van der Waals surface area (Å²) in [5, 5.41) is 12.1. The van der Waals surface area contributed by atoms with Crippen LogP contribution in [0.4, 0.5) is 0 Å². The predicted octanol–water partition coefficient (Wildman–Crippen LogP) is -0.240. The third-order valence-electron chi connectivity index (χ3n) is 1.76. The SMILES string of the molecule is Cn1c(C(C)(C)C)nnc1S(N)(=O)=O. The zero-order valence-corrected chi connectivity index (χ0v) is 9.46. The van der Waals surface area contributed by atoms with Crippen LogP contribution in [0.15, 0.2) is 5.16 Å². The molecule has 0 saturated heterocycles. The van der Waals surface area contributed by atoms with E-state index in [0.29, 0.717) is 5.82 Å². The van der Waals surface area contributed by atoms with E-state index < -0.39 is 10.0 Å². The molecule has 7 heteroatoms. The quantitative estimate of drug-likeness (QED) is 0.704. The van der Waals surface area contributed by atoms with E-state index in [-0.39, 0.29) is 10.6 Å². The van der Waals surface area contributed by atoms with Crippen molar-refractivity contribution in [3.05, 3.63) is 5.82 Å². The van der Waals surface area contributed by atoms with Crippen LogP contribution in [-0.4, -0.2) is 23.2 Å². The van der Waals surface area contributed by atoms with Crippen LogP contribution in [0.3, 0.4) is 0 Å². The summed E-state index contributed by atoms with van der Waals surface area (Å²) in [7, 11) is -2.20. The van der Waals surface area contributed by atoms with Crippen molar-refractivity contribution < 1.29 is 8.42 Å². The summed E-state index contributed by atoms with van der Waals surface area (Å²) in [5.41, 5.74) is -0.259. The summed E-state index contributed by atoms with van der Waals surface area (Å²) in [6.45, 7) is 5.76. The largest absolute Gasteiger partial charge is 0.303 e. The molecule has 0 aliphatic heterocycles. The van der Waals surface area contributed by atoms with Crippen molar-refractivity contribution in [1.29, 1.82) is 0 Å². The highest BCUT2D eigenvalue weighted by atomic mass is 32.2. The monoisotopic (exact) mass is 218 g/mol. The molecule has 6 nitrogen and oxygen atoms in total. The van der Waals surface area contributed by atoms with E-state index in [4.69, 9.17) is 5.14 Å². The molecule has 80 valence electrons. The van der Waals surface area contributed by atoms with Gasteiger partial charge in [-0.2, -0.15) is 0 Å². The third kappa shape index (κ3) is 1.93. The Balaban J connectivity index is 3.37. The van der Waals surface area contributed by atoms with Gasteiger partial charge in [0.05, 0.1) is 0 Å². The Morgan fingerprint density at radius 1 is 1.29 bits per heavy atom. The molecule has 0 unspecified atom stereocenters. The fourth-order valence-electron chi connectivity index (χ4n) is 1.22. The second kappa shape index (κ2) is 3.03. The zero-order valence-electron chi connectivity index (χ0n) is 8.64. The first kappa shape index (κ1) is 11.1. The van der Waals surface area contributed by atoms with Crippen molar-refractivity contribution in [3.8, 4) is 0 Å². The molecule has 0 aliphatic carbocycles. The Morgan fingerprint density at radius 2 is 1.79 bits per heavy atom. The lowest BCUT2D eigenvalue weighted by Gasteiger charge is -2.16. The maximum atomic E-state index is 11.0. The molecular weight excluding hydrogens is 204 g/mol. The van der Waals surface area contributed by atoms with Gasteiger partial charge >= 0.3 is 0 Å². The molecule has 0 amide bonds. The Bertz CT molecular complexity index is 441. The van der Waals surface area contributed by atoms with Crippen LogP contribution >= 0.6 is 0 Å². The number of hydrogen-bond donors (Lipinski definition) is 1. The average molecular weight is 218 g/mol. The number of aromatic nitrogens is 3. The normalized spacial score (nSPS) is 13.2. The molecule has 1 aromatic rings. The fraction of sp³-hybridized carbons (Fsp3) is 0.714. The van der Waals surface area contributed by atoms with Crippen molar-refractivity contribution in [3.63, 3.8) is 0 Å². The topological polar surface area (TPSA) is 90.9 Å². The molecule has 0 atom stereocenters. The minimum Gasteiger partial charge on any atom is -0.303 e. The summed E-state index contributed by atoms with van der Waals surface area (Å²) in [6.07, 6.45) is 0. The van der Waals surface area contributed by atoms with E-state index in [0.717, 1.165) is 0 Å². The molecule has 1 aromatic heterocycles. The Hall–Kier alpha value is -0.950. The lowest BCUT2D eigenvalue weighted by Crippen LogP contribution is -2.21. The van der Waals surface area contributed by atoms with Crippen LogP contribution in [0.5, 0.6) is 0 Å². The maximum Gasteiger partial charge on any atom is 0.273 e. The molecule has 1 rings (SSSR count). The van der Waals surface area contributed by atoms with E-state index in [9.17, 15) is 8.42 Å². The van der Waals surface area contributed by atoms with Gasteiger partial charge in [0.2, 0.25) is 0 Å². The molecular formula is C7H14N4O2S. The summed E-state index contributed by atoms with van der Waals surface area (Å²) >= 11 is 0. The van der Waals surface area contributed by atoms with Gasteiger partial charge in [-0.1, -0.05) is 20.8 Å². The number of sulfonamides is 1. The van der Waals surface area contributed by atoms with Crippen molar-refractivity contribution in [2.75, 3.05) is 0 Å². The smallest absolute Gasteiger partial charge is 0.273 e. The Kier molecular flexibility index (Phi) is 2.41. The number of nitrogens with two attached hydrogens (primary N) is 1. The number of nitrogens with zero attached hydrogens (tertiary/aromatic N) is 3. The molecule has 0 saturated carbocycles. The van der Waals surface area contributed by atoms with Crippen LogP contribution in [0.2, 0.25) is 0 Å². The van der Waals surface area contributed by atoms with Gasteiger partial charge in [0.1, 0.15) is 5.82 Å². The highest BCUT2D eigenvalue weighted by Gasteiger charge is 2.25. The first-order valence-corrected chi connectivity index (χ1v) is 5.61. The van der Waals surface area contributed by atoms with E-state index >= 15 is 0 Å². The van der Waals surface area contributed by atoms with E-state index in [1.54, 1.807) is 7.05 Å². The van der Waals surface area contributed by atoms with Crippen LogP contribution in [0.25, 0.3) is 0 Å². The lowest BCUT2D eigenvalue weighted by atomic mass is 9.96. The molecule has 0 radical (unpaired) electrons. The van der Waals surface area contributed by atoms with Crippen LogP contribution in [0.1, 0.15) is 26.6 Å². The standard InChI is InChI=1S/C7H14N4O2S/c1-7(2,3)5-9-10-6(11(5)4)14(8,12)13/h1-4H3,(H2,8,12,13). The summed E-state index contributed by atoms with van der Waals surface area (Å²) < 4.78 is 23.5. The van der Waals surface area contributed by atoms with Crippen LogP contribution < -0.4 is 5.14 Å². The van der Waals surface area contributed by atoms with Gasteiger partial charge in [-0.3, -0.25) is 0 Å². The Morgan fingerprint density at radius 3 is 2.00 bits per heavy atom. The summed E-state index contributed by atoms with van der Waals surface area (Å²) in [4.78, 5) is 0. The minimum atomic E-state index is -3.78. The van der Waals surface area contributed by atoms with E-state index in [2.05, 4.69) is 10.2 Å². The van der Waals surface area contributed by atoms with Crippen molar-refractivity contribution in [2.45, 2.75) is 31.3 Å². The van der Waals surface area contributed by atoms with Crippen molar-refractivity contribution in [2.24, 2.45) is 12.2 Å². The zero-order chi connectivity index (χ0) is 11.1. The van der Waals surface area contributed by atoms with Crippen LogP contribution in [-0.2, 0) is 22.5 Å². The number of rotatable bonds is 1. The first-order valence-electron chi connectivity index (χ1n) is 4.06. The summed E-state index contributed by atoms with van der Waals surface area (Å²) in [5.74, 6) is 0.585. The van der Waals surface area contributed by atoms with Gasteiger partial charge in [-0.15, -0.1) is 10.2 Å². The predicted molar refractivity (Wildman–Crippen MR) is 51.1 cm³/mol. The third-order valence-corrected chi connectivity index (χ3v) is 2.62. The van der Waals surface area contributed by atoms with Crippen molar-refractivity contribution in [1.82, 2.24) is 14.8 Å². The molecule has 0 aromatic carbocycles. The molecule has 0 bridgehead atoms. The first-order chi connectivity index (χ1) is 6.14. The van der Waals surface area contributed by atoms with Crippen LogP contribution in [0, 0.1) is 0 Å². The van der Waals surface area contributed by atoms with Gasteiger partial charge in [-0.05, 0) is 0 Å². The molecule has 0 fully saturated rings. The number of primary sulfonamides is 1. The second-order valence-corrected chi connectivity index (χ2v) is 5.62. The summed E-state index contributed by atoms with van der Waals surface area (Å²) in [6, 6.07) is 0. The van der Waals surface area contributed by atoms with Gasteiger partial charge in [0.15, 0.2) is 0 Å². The van der Waals surface area contributed by atoms with E-state index in [1.165, 1.54) is 4.57 Å².